The van der Waals surface area contributed by atoms with E-state index in [1.54, 1.807) is 32.9 Å². The Hall–Kier alpha value is -2.41. The number of hydrogen-bond acceptors (Lipinski definition) is 7. The lowest BCUT2D eigenvalue weighted by molar-refractivity contribution is -0.157. The molecule has 6 atom stereocenters. The van der Waals surface area contributed by atoms with Gasteiger partial charge in [-0.25, -0.2) is 9.59 Å². The fraction of sp³-hybridized carbons (Fsp3) is 0.591. The van der Waals surface area contributed by atoms with E-state index in [0.717, 1.165) is 0 Å². The van der Waals surface area contributed by atoms with Crippen LogP contribution in [-0.2, 0) is 28.6 Å². The number of ether oxygens (including phenoxy) is 3. The second-order valence-electron chi connectivity index (χ2n) is 7.87. The summed E-state index contributed by atoms with van der Waals surface area (Å²) in [4.78, 5) is 36.0. The van der Waals surface area contributed by atoms with Gasteiger partial charge < -0.3 is 19.3 Å². The Kier molecular flexibility index (Phi) is 7.41. The largest absolute Gasteiger partial charge is 0.459 e. The summed E-state index contributed by atoms with van der Waals surface area (Å²) in [5.41, 5.74) is 1.33. The maximum absolute atomic E-state index is 12.4. The van der Waals surface area contributed by atoms with Crippen molar-refractivity contribution in [3.05, 3.63) is 35.5 Å². The Morgan fingerprint density at radius 2 is 1.90 bits per heavy atom. The summed E-state index contributed by atoms with van der Waals surface area (Å²) in [7, 11) is 0. The molecule has 1 saturated heterocycles. The lowest BCUT2D eigenvalue weighted by Gasteiger charge is -2.33. The summed E-state index contributed by atoms with van der Waals surface area (Å²) in [6, 6.07) is 0. The minimum atomic E-state index is -1.07. The monoisotopic (exact) mass is 406 g/mol. The number of aliphatic hydroxyl groups is 1. The lowest BCUT2D eigenvalue weighted by Crippen LogP contribution is -2.39. The molecule has 0 aromatic heterocycles. The summed E-state index contributed by atoms with van der Waals surface area (Å²) in [6.07, 6.45) is 0.873. The van der Waals surface area contributed by atoms with Crippen LogP contribution < -0.4 is 0 Å². The number of hydrogen-bond donors (Lipinski definition) is 1. The van der Waals surface area contributed by atoms with E-state index < -0.39 is 42.3 Å². The third-order valence-corrected chi connectivity index (χ3v) is 5.65. The highest BCUT2D eigenvalue weighted by Crippen LogP contribution is 2.37. The second-order valence-corrected chi connectivity index (χ2v) is 7.87. The van der Waals surface area contributed by atoms with Crippen LogP contribution in [0.3, 0.4) is 0 Å². The fourth-order valence-electron chi connectivity index (χ4n) is 3.68. The Balaban J connectivity index is 2.43. The molecule has 2 rings (SSSR count). The van der Waals surface area contributed by atoms with E-state index in [4.69, 9.17) is 14.2 Å². The molecule has 0 aromatic carbocycles. The predicted molar refractivity (Wildman–Crippen MR) is 106 cm³/mol. The van der Waals surface area contributed by atoms with Crippen molar-refractivity contribution in [2.24, 2.45) is 11.8 Å². The first-order valence-electron chi connectivity index (χ1n) is 9.82. The average Bonchev–Trinajstić information content (AvgIpc) is 2.91. The highest BCUT2D eigenvalue weighted by Gasteiger charge is 2.43. The second kappa shape index (κ2) is 9.39. The van der Waals surface area contributed by atoms with Gasteiger partial charge in [0.2, 0.25) is 0 Å². The molecule has 1 heterocycles. The normalized spacial score (nSPS) is 33.3. The quantitative estimate of drug-likeness (QED) is 0.333. The number of esters is 3. The van der Waals surface area contributed by atoms with Crippen molar-refractivity contribution < 1.29 is 33.7 Å². The molecule has 0 saturated carbocycles. The van der Waals surface area contributed by atoms with Crippen molar-refractivity contribution in [3.63, 3.8) is 0 Å². The Bertz CT molecular complexity index is 748. The zero-order chi connectivity index (χ0) is 21.9. The van der Waals surface area contributed by atoms with Crippen LogP contribution in [0.4, 0.5) is 0 Å². The topological polar surface area (TPSA) is 99.1 Å². The summed E-state index contributed by atoms with van der Waals surface area (Å²) >= 11 is 0. The summed E-state index contributed by atoms with van der Waals surface area (Å²) in [5.74, 6) is -2.09. The van der Waals surface area contributed by atoms with Gasteiger partial charge in [-0.05, 0) is 51.2 Å². The van der Waals surface area contributed by atoms with Crippen LogP contribution in [0.2, 0.25) is 0 Å². The van der Waals surface area contributed by atoms with Crippen LogP contribution in [0.15, 0.2) is 35.5 Å². The van der Waals surface area contributed by atoms with Crippen molar-refractivity contribution in [1.82, 2.24) is 0 Å². The number of rotatable bonds is 3. The minimum absolute atomic E-state index is 0.252. The molecule has 1 fully saturated rings. The fourth-order valence-corrected chi connectivity index (χ4v) is 3.68. The maximum atomic E-state index is 12.4. The van der Waals surface area contributed by atoms with E-state index in [1.807, 2.05) is 6.92 Å². The first-order valence-corrected chi connectivity index (χ1v) is 9.82. The maximum Gasteiger partial charge on any atom is 0.334 e. The molecule has 1 N–H and O–H groups in total. The van der Waals surface area contributed by atoms with Crippen LogP contribution in [0.1, 0.15) is 47.5 Å². The summed E-state index contributed by atoms with van der Waals surface area (Å²) in [6.45, 7) is 12.1. The Labute approximate surface area is 171 Å². The Morgan fingerprint density at radius 3 is 2.48 bits per heavy atom. The number of carbonyl (C=O) groups excluding carboxylic acids is 3. The van der Waals surface area contributed by atoms with Crippen molar-refractivity contribution in [3.8, 4) is 0 Å². The molecule has 1 aliphatic carbocycles. The van der Waals surface area contributed by atoms with Crippen LogP contribution in [-0.4, -0.2) is 47.4 Å². The van der Waals surface area contributed by atoms with E-state index in [-0.39, 0.29) is 18.3 Å². The zero-order valence-electron chi connectivity index (χ0n) is 17.6. The van der Waals surface area contributed by atoms with Gasteiger partial charge in [-0.1, -0.05) is 19.6 Å². The van der Waals surface area contributed by atoms with E-state index in [9.17, 15) is 19.5 Å². The lowest BCUT2D eigenvalue weighted by atomic mass is 9.81. The van der Waals surface area contributed by atoms with Crippen LogP contribution >= 0.6 is 0 Å². The van der Waals surface area contributed by atoms with Crippen molar-refractivity contribution in [2.45, 2.75) is 71.9 Å². The van der Waals surface area contributed by atoms with E-state index in [1.165, 1.54) is 6.92 Å². The highest BCUT2D eigenvalue weighted by molar-refractivity contribution is 5.91. The SMILES string of the molecule is C=C1C(=O)O[C@@H]2C=C(C)[C@H](O)[C@H](OC(C)=O)C[C@@H](C)[C@@H](OC(=O)C(C)=CC)C[C@@H]12. The molecule has 7 nitrogen and oxygen atoms in total. The van der Waals surface area contributed by atoms with E-state index in [0.29, 0.717) is 23.1 Å². The average molecular weight is 406 g/mol. The molecule has 2 aliphatic rings. The number of allylic oxidation sites excluding steroid dienone is 1. The molecule has 0 unspecified atom stereocenters. The van der Waals surface area contributed by atoms with Gasteiger partial charge in [0, 0.05) is 24.0 Å². The number of carbonyl (C=O) groups is 3. The molecule has 29 heavy (non-hydrogen) atoms. The van der Waals surface area contributed by atoms with Gasteiger partial charge in [0.25, 0.3) is 0 Å². The molecule has 1 aliphatic heterocycles. The summed E-state index contributed by atoms with van der Waals surface area (Å²) < 4.78 is 16.5. The third-order valence-electron chi connectivity index (χ3n) is 5.65. The van der Waals surface area contributed by atoms with Crippen LogP contribution in [0, 0.1) is 11.8 Å². The minimum Gasteiger partial charge on any atom is -0.459 e. The van der Waals surface area contributed by atoms with Crippen molar-refractivity contribution in [2.75, 3.05) is 0 Å². The number of aliphatic hydroxyl groups excluding tert-OH is 1. The van der Waals surface area contributed by atoms with Gasteiger partial charge >= 0.3 is 17.9 Å². The standard InChI is InChI=1S/C22H30O7/c1-7-11(2)21(25)28-17-10-16-14(5)22(26)29-18(16)9-13(4)20(24)19(8-12(17)3)27-15(6)23/h7,9,12,16-20,24H,5,8,10H2,1-4,6H3/t12-,16+,17+,18-,19-,20+/m1/s1. The molecule has 0 spiro atoms. The molecule has 0 bridgehead atoms. The van der Waals surface area contributed by atoms with Crippen LogP contribution in [0.5, 0.6) is 0 Å². The van der Waals surface area contributed by atoms with Crippen LogP contribution in [0.25, 0.3) is 0 Å². The van der Waals surface area contributed by atoms with Gasteiger partial charge in [-0.15, -0.1) is 0 Å². The molecule has 0 radical (unpaired) electrons. The molecule has 7 heteroatoms. The van der Waals surface area contributed by atoms with Crippen molar-refractivity contribution in [1.29, 1.82) is 0 Å². The van der Waals surface area contributed by atoms with E-state index in [2.05, 4.69) is 6.58 Å². The smallest absolute Gasteiger partial charge is 0.334 e. The molecule has 0 aromatic rings. The van der Waals surface area contributed by atoms with Crippen molar-refractivity contribution >= 4 is 17.9 Å². The zero-order valence-corrected chi connectivity index (χ0v) is 17.6. The van der Waals surface area contributed by atoms with Gasteiger partial charge in [0.15, 0.2) is 0 Å². The molecular weight excluding hydrogens is 376 g/mol. The third kappa shape index (κ3) is 5.35. The first kappa shape index (κ1) is 22.9. The number of fused-ring (bicyclic) bond motifs is 1. The Morgan fingerprint density at radius 1 is 1.24 bits per heavy atom. The van der Waals surface area contributed by atoms with Gasteiger partial charge in [0.1, 0.15) is 24.4 Å². The van der Waals surface area contributed by atoms with Gasteiger partial charge in [-0.2, -0.15) is 0 Å². The molecule has 0 amide bonds. The highest BCUT2D eigenvalue weighted by atomic mass is 16.6. The van der Waals surface area contributed by atoms with Gasteiger partial charge in [-0.3, -0.25) is 4.79 Å². The van der Waals surface area contributed by atoms with Gasteiger partial charge in [0.05, 0.1) is 0 Å². The predicted octanol–water partition coefficient (Wildman–Crippen LogP) is 2.63. The molecule has 160 valence electrons. The first-order chi connectivity index (χ1) is 13.5. The molecular formula is C22H30O7. The van der Waals surface area contributed by atoms with E-state index >= 15 is 0 Å². The summed E-state index contributed by atoms with van der Waals surface area (Å²) in [5, 5.41) is 10.7.